The van der Waals surface area contributed by atoms with Crippen molar-refractivity contribution in [3.05, 3.63) is 29.8 Å². The summed E-state index contributed by atoms with van der Waals surface area (Å²) in [7, 11) is 0. The van der Waals surface area contributed by atoms with Gasteiger partial charge in [-0.3, -0.25) is 9.59 Å². The molecule has 0 saturated heterocycles. The minimum absolute atomic E-state index is 0.105. The summed E-state index contributed by atoms with van der Waals surface area (Å²) in [5.74, 6) is 0.326. The quantitative estimate of drug-likeness (QED) is 0.643. The summed E-state index contributed by atoms with van der Waals surface area (Å²) in [6.45, 7) is 2.54. The maximum Gasteiger partial charge on any atom is 0.227 e. The minimum atomic E-state index is -0.105. The number of aryl methyl sites for hydroxylation is 1. The maximum absolute atomic E-state index is 13.2. The molecule has 2 aliphatic carbocycles. The van der Waals surface area contributed by atoms with Crippen molar-refractivity contribution in [1.82, 2.24) is 15.1 Å². The lowest BCUT2D eigenvalue weighted by atomic mass is 9.92. The summed E-state index contributed by atoms with van der Waals surface area (Å²) in [6, 6.07) is 8.40. The van der Waals surface area contributed by atoms with Crippen LogP contribution in [0, 0.1) is 12.8 Å². The van der Waals surface area contributed by atoms with E-state index in [0.29, 0.717) is 24.1 Å². The predicted molar refractivity (Wildman–Crippen MR) is 124 cm³/mol. The van der Waals surface area contributed by atoms with Gasteiger partial charge in [0.15, 0.2) is 0 Å². The fourth-order valence-electron chi connectivity index (χ4n) is 4.76. The second-order valence-corrected chi connectivity index (χ2v) is 9.86. The first-order valence-electron chi connectivity index (χ1n) is 11.6. The summed E-state index contributed by atoms with van der Waals surface area (Å²) in [6.07, 6.45) is 10.3. The third kappa shape index (κ3) is 5.70. The number of benzene rings is 1. The number of hydrogen-bond acceptors (Lipinski definition) is 5. The smallest absolute Gasteiger partial charge is 0.227 e. The molecule has 31 heavy (non-hydrogen) atoms. The number of anilines is 1. The Kier molecular flexibility index (Phi) is 7.33. The van der Waals surface area contributed by atoms with Crippen LogP contribution < -0.4 is 5.32 Å². The second kappa shape index (κ2) is 10.4. The number of rotatable bonds is 7. The number of aromatic nitrogens is 2. The van der Waals surface area contributed by atoms with E-state index in [4.69, 9.17) is 0 Å². The lowest BCUT2D eigenvalue weighted by Crippen LogP contribution is -2.45. The zero-order valence-electron chi connectivity index (χ0n) is 18.3. The Morgan fingerprint density at radius 1 is 1.00 bits per heavy atom. The van der Waals surface area contributed by atoms with Crippen molar-refractivity contribution in [3.63, 3.8) is 0 Å². The standard InChI is InChI=1S/C24H32N4O2S/c1-17-11-13-18(14-12-17)22-26-27-24(31-22)25-21(29)15-16-28(20-9-3-2-4-10-20)23(30)19-7-5-6-8-19/h11-14,19-20H,2-10,15-16H2,1H3,(H,25,27,29). The van der Waals surface area contributed by atoms with Crippen molar-refractivity contribution in [2.75, 3.05) is 11.9 Å². The van der Waals surface area contributed by atoms with Gasteiger partial charge in [-0.25, -0.2) is 0 Å². The van der Waals surface area contributed by atoms with Gasteiger partial charge in [0.2, 0.25) is 16.9 Å². The number of carbonyl (C=O) groups excluding carboxylic acids is 2. The highest BCUT2D eigenvalue weighted by atomic mass is 32.1. The average Bonchev–Trinajstić information content (AvgIpc) is 3.48. The average molecular weight is 441 g/mol. The normalized spacial score (nSPS) is 17.6. The molecule has 0 bridgehead atoms. The minimum Gasteiger partial charge on any atom is -0.339 e. The molecule has 4 rings (SSSR count). The van der Waals surface area contributed by atoms with E-state index in [2.05, 4.69) is 15.5 Å². The van der Waals surface area contributed by atoms with Crippen LogP contribution in [-0.4, -0.2) is 39.5 Å². The Morgan fingerprint density at radius 2 is 1.68 bits per heavy atom. The van der Waals surface area contributed by atoms with Crippen LogP contribution >= 0.6 is 11.3 Å². The van der Waals surface area contributed by atoms with Crippen LogP contribution in [0.3, 0.4) is 0 Å². The van der Waals surface area contributed by atoms with Gasteiger partial charge >= 0.3 is 0 Å². The highest BCUT2D eigenvalue weighted by Crippen LogP contribution is 2.31. The molecule has 2 aromatic rings. The van der Waals surface area contributed by atoms with Crippen molar-refractivity contribution in [2.24, 2.45) is 5.92 Å². The molecule has 1 aromatic carbocycles. The van der Waals surface area contributed by atoms with Gasteiger partial charge in [0.1, 0.15) is 5.01 Å². The van der Waals surface area contributed by atoms with E-state index in [9.17, 15) is 9.59 Å². The Balaban J connectivity index is 1.35. The third-order valence-electron chi connectivity index (χ3n) is 6.55. The highest BCUT2D eigenvalue weighted by Gasteiger charge is 2.32. The molecular weight excluding hydrogens is 408 g/mol. The first-order valence-corrected chi connectivity index (χ1v) is 12.4. The number of nitrogens with one attached hydrogen (secondary N) is 1. The van der Waals surface area contributed by atoms with Crippen LogP contribution in [-0.2, 0) is 9.59 Å². The molecule has 0 aliphatic heterocycles. The molecule has 2 fully saturated rings. The van der Waals surface area contributed by atoms with E-state index in [1.807, 2.05) is 36.1 Å². The van der Waals surface area contributed by atoms with E-state index in [1.54, 1.807) is 0 Å². The van der Waals surface area contributed by atoms with Gasteiger partial charge in [0.05, 0.1) is 0 Å². The van der Waals surface area contributed by atoms with E-state index in [1.165, 1.54) is 36.2 Å². The molecule has 0 atom stereocenters. The van der Waals surface area contributed by atoms with Crippen molar-refractivity contribution < 1.29 is 9.59 Å². The summed E-state index contributed by atoms with van der Waals surface area (Å²) in [4.78, 5) is 27.8. The molecule has 0 spiro atoms. The fraction of sp³-hybridized carbons (Fsp3) is 0.583. The van der Waals surface area contributed by atoms with Crippen LogP contribution in [0.15, 0.2) is 24.3 Å². The molecule has 2 aliphatic rings. The summed E-state index contributed by atoms with van der Waals surface area (Å²) >= 11 is 1.37. The van der Waals surface area contributed by atoms with Crippen LogP contribution in [0.1, 0.15) is 69.8 Å². The van der Waals surface area contributed by atoms with Gasteiger partial charge in [-0.15, -0.1) is 10.2 Å². The summed E-state index contributed by atoms with van der Waals surface area (Å²) < 4.78 is 0. The monoisotopic (exact) mass is 440 g/mol. The number of carbonyl (C=O) groups is 2. The number of amides is 2. The molecule has 166 valence electrons. The van der Waals surface area contributed by atoms with E-state index < -0.39 is 0 Å². The van der Waals surface area contributed by atoms with Crippen LogP contribution in [0.4, 0.5) is 5.13 Å². The molecule has 0 radical (unpaired) electrons. The van der Waals surface area contributed by atoms with Crippen molar-refractivity contribution in [2.45, 2.75) is 77.2 Å². The van der Waals surface area contributed by atoms with Crippen molar-refractivity contribution in [3.8, 4) is 10.6 Å². The topological polar surface area (TPSA) is 75.2 Å². The van der Waals surface area contributed by atoms with E-state index in [0.717, 1.165) is 49.1 Å². The highest BCUT2D eigenvalue weighted by molar-refractivity contribution is 7.18. The summed E-state index contributed by atoms with van der Waals surface area (Å²) in [5, 5.41) is 12.5. The third-order valence-corrected chi connectivity index (χ3v) is 7.44. The Hall–Kier alpha value is -2.28. The maximum atomic E-state index is 13.2. The van der Waals surface area contributed by atoms with Crippen molar-refractivity contribution >= 4 is 28.3 Å². The molecule has 6 nitrogen and oxygen atoms in total. The predicted octanol–water partition coefficient (Wildman–Crippen LogP) is 5.19. The second-order valence-electron chi connectivity index (χ2n) is 8.88. The van der Waals surface area contributed by atoms with Gasteiger partial charge in [0, 0.05) is 30.5 Å². The Morgan fingerprint density at radius 3 is 2.39 bits per heavy atom. The van der Waals surface area contributed by atoms with Crippen molar-refractivity contribution in [1.29, 1.82) is 0 Å². The lowest BCUT2D eigenvalue weighted by molar-refractivity contribution is -0.138. The molecule has 1 N–H and O–H groups in total. The first-order chi connectivity index (χ1) is 15.1. The Labute approximate surface area is 188 Å². The molecule has 7 heteroatoms. The van der Waals surface area contributed by atoms with Gasteiger partial charge in [0.25, 0.3) is 0 Å². The van der Waals surface area contributed by atoms with Crippen LogP contribution in [0.5, 0.6) is 0 Å². The van der Waals surface area contributed by atoms with Gasteiger partial charge in [-0.2, -0.15) is 0 Å². The largest absolute Gasteiger partial charge is 0.339 e. The van der Waals surface area contributed by atoms with Crippen LogP contribution in [0.25, 0.3) is 10.6 Å². The van der Waals surface area contributed by atoms with Crippen LogP contribution in [0.2, 0.25) is 0 Å². The fourth-order valence-corrected chi connectivity index (χ4v) is 5.53. The molecule has 0 unspecified atom stereocenters. The zero-order valence-corrected chi connectivity index (χ0v) is 19.1. The van der Waals surface area contributed by atoms with Gasteiger partial charge < -0.3 is 10.2 Å². The molecule has 2 saturated carbocycles. The van der Waals surface area contributed by atoms with E-state index >= 15 is 0 Å². The number of nitrogens with zero attached hydrogens (tertiary/aromatic N) is 3. The summed E-state index contributed by atoms with van der Waals surface area (Å²) in [5.41, 5.74) is 2.19. The lowest BCUT2D eigenvalue weighted by Gasteiger charge is -2.36. The van der Waals surface area contributed by atoms with Gasteiger partial charge in [-0.05, 0) is 32.6 Å². The first kappa shape index (κ1) is 21.9. The molecule has 1 aromatic heterocycles. The molecular formula is C24H32N4O2S. The number of hydrogen-bond donors (Lipinski definition) is 1. The molecule has 2 amide bonds. The van der Waals surface area contributed by atoms with E-state index in [-0.39, 0.29) is 17.7 Å². The SMILES string of the molecule is Cc1ccc(-c2nnc(NC(=O)CCN(C(=O)C3CCCC3)C3CCCCC3)s2)cc1. The Bertz CT molecular complexity index is 883. The molecule has 1 heterocycles. The zero-order chi connectivity index (χ0) is 21.6. The van der Waals surface area contributed by atoms with Gasteiger partial charge in [-0.1, -0.05) is 73.3 Å².